The standard InChI is InChI=1S/C6H4ClN2S/c7-5-1-4(6(8)10)2-9-3-5/h1-2H,(H2,8,10). The number of rotatable bonds is 1. The summed E-state index contributed by atoms with van der Waals surface area (Å²) in [5.41, 5.74) is 5.97. The second kappa shape index (κ2) is 2.94. The van der Waals surface area contributed by atoms with E-state index < -0.39 is 0 Å². The van der Waals surface area contributed by atoms with E-state index in [1.165, 1.54) is 6.20 Å². The van der Waals surface area contributed by atoms with Crippen LogP contribution in [0.4, 0.5) is 0 Å². The third-order valence-corrected chi connectivity index (χ3v) is 1.37. The van der Waals surface area contributed by atoms with Gasteiger partial charge in [-0.25, -0.2) is 0 Å². The number of pyridine rings is 1. The van der Waals surface area contributed by atoms with Gasteiger partial charge in [-0.05, 0) is 6.07 Å². The highest BCUT2D eigenvalue weighted by Crippen LogP contribution is 2.06. The Balaban J connectivity index is 3.07. The van der Waals surface area contributed by atoms with Crippen LogP contribution in [-0.2, 0) is 0 Å². The van der Waals surface area contributed by atoms with E-state index in [0.29, 0.717) is 15.6 Å². The van der Waals surface area contributed by atoms with Crippen LogP contribution in [0.5, 0.6) is 0 Å². The minimum absolute atomic E-state index is 0.295. The number of halogens is 1. The number of thiocarbonyl (C=S) groups is 1. The number of aromatic nitrogens is 1. The molecule has 1 aromatic heterocycles. The molecule has 0 bridgehead atoms. The monoisotopic (exact) mass is 171 g/mol. The fourth-order valence-corrected chi connectivity index (χ4v) is 0.782. The van der Waals surface area contributed by atoms with Crippen LogP contribution in [0, 0.1) is 6.20 Å². The number of hydrogen-bond acceptors (Lipinski definition) is 2. The maximum Gasteiger partial charge on any atom is 0.109 e. The Kier molecular flexibility index (Phi) is 2.19. The van der Waals surface area contributed by atoms with Crippen LogP contribution >= 0.6 is 23.8 Å². The minimum atomic E-state index is 0.295. The summed E-state index contributed by atoms with van der Waals surface area (Å²) in [6, 6.07) is 1.62. The van der Waals surface area contributed by atoms with Crippen molar-refractivity contribution >= 4 is 28.8 Å². The molecule has 0 atom stereocenters. The first-order chi connectivity index (χ1) is 4.70. The third-order valence-electron chi connectivity index (χ3n) is 0.942. The summed E-state index contributed by atoms with van der Waals surface area (Å²) in [5.74, 6) is 0. The van der Waals surface area contributed by atoms with E-state index >= 15 is 0 Å². The van der Waals surface area contributed by atoms with Gasteiger partial charge in [0, 0.05) is 11.8 Å². The predicted octanol–water partition coefficient (Wildman–Crippen LogP) is 1.17. The van der Waals surface area contributed by atoms with Crippen molar-refractivity contribution in [2.45, 2.75) is 0 Å². The molecule has 0 amide bonds. The Labute approximate surface area is 69.0 Å². The topological polar surface area (TPSA) is 38.9 Å². The second-order valence-corrected chi connectivity index (χ2v) is 2.53. The maximum absolute atomic E-state index is 5.56. The van der Waals surface area contributed by atoms with Crippen molar-refractivity contribution in [3.8, 4) is 0 Å². The molecule has 0 fully saturated rings. The molecule has 4 heteroatoms. The highest BCUT2D eigenvalue weighted by molar-refractivity contribution is 7.80. The molecule has 1 radical (unpaired) electrons. The Morgan fingerprint density at radius 3 is 2.90 bits per heavy atom. The van der Waals surface area contributed by atoms with Crippen LogP contribution in [-0.4, -0.2) is 9.97 Å². The highest BCUT2D eigenvalue weighted by atomic mass is 35.5. The lowest BCUT2D eigenvalue weighted by atomic mass is 10.3. The molecule has 1 heterocycles. The molecule has 0 aromatic carbocycles. The fourth-order valence-electron chi connectivity index (χ4n) is 0.504. The normalized spacial score (nSPS) is 9.30. The Morgan fingerprint density at radius 2 is 2.50 bits per heavy atom. The van der Waals surface area contributed by atoms with Crippen molar-refractivity contribution in [2.75, 3.05) is 0 Å². The van der Waals surface area contributed by atoms with Gasteiger partial charge in [0.05, 0.1) is 5.02 Å². The van der Waals surface area contributed by atoms with Gasteiger partial charge in [-0.1, -0.05) is 23.8 Å². The maximum atomic E-state index is 5.56. The number of nitrogens with two attached hydrogens (primary N) is 1. The molecule has 0 aliphatic rings. The van der Waals surface area contributed by atoms with Crippen molar-refractivity contribution in [1.82, 2.24) is 4.98 Å². The Morgan fingerprint density at radius 1 is 1.80 bits per heavy atom. The van der Waals surface area contributed by atoms with Crippen LogP contribution in [0.1, 0.15) is 5.56 Å². The Bertz CT molecular complexity index is 262. The molecule has 10 heavy (non-hydrogen) atoms. The molecule has 0 aliphatic carbocycles. The van der Waals surface area contributed by atoms with Crippen LogP contribution in [0.2, 0.25) is 5.02 Å². The molecule has 0 spiro atoms. The van der Waals surface area contributed by atoms with Crippen LogP contribution in [0.25, 0.3) is 0 Å². The number of nitrogens with zero attached hydrogens (tertiary/aromatic N) is 1. The molecule has 1 aromatic rings. The van der Waals surface area contributed by atoms with Gasteiger partial charge >= 0.3 is 0 Å². The van der Waals surface area contributed by atoms with Gasteiger partial charge in [0.15, 0.2) is 0 Å². The van der Waals surface area contributed by atoms with Gasteiger partial charge in [0.1, 0.15) is 11.2 Å². The van der Waals surface area contributed by atoms with E-state index in [2.05, 4.69) is 23.4 Å². The molecular formula is C6H4ClN2S. The summed E-state index contributed by atoms with van der Waals surface area (Å²) in [6.07, 6.45) is 4.05. The summed E-state index contributed by atoms with van der Waals surface area (Å²) in [5, 5.41) is 0.422. The molecule has 0 aliphatic heterocycles. The summed E-state index contributed by atoms with van der Waals surface area (Å²) < 4.78 is 0. The molecule has 0 saturated carbocycles. The van der Waals surface area contributed by atoms with Crippen molar-refractivity contribution < 1.29 is 0 Å². The van der Waals surface area contributed by atoms with Gasteiger partial charge in [0.2, 0.25) is 0 Å². The van der Waals surface area contributed by atoms with Gasteiger partial charge in [0.25, 0.3) is 0 Å². The third kappa shape index (κ3) is 1.65. The van der Waals surface area contributed by atoms with Crippen LogP contribution in [0.3, 0.4) is 0 Å². The lowest BCUT2D eigenvalue weighted by Crippen LogP contribution is -2.09. The fraction of sp³-hybridized carbons (Fsp3) is 0. The van der Waals surface area contributed by atoms with Crippen molar-refractivity contribution in [3.05, 3.63) is 29.0 Å². The van der Waals surface area contributed by atoms with Crippen molar-refractivity contribution in [2.24, 2.45) is 5.73 Å². The summed E-state index contributed by atoms with van der Waals surface area (Å²) in [4.78, 5) is 3.98. The zero-order chi connectivity index (χ0) is 7.56. The van der Waals surface area contributed by atoms with Crippen molar-refractivity contribution in [1.29, 1.82) is 0 Å². The zero-order valence-corrected chi connectivity index (χ0v) is 6.54. The smallest absolute Gasteiger partial charge is 0.109 e. The molecule has 2 nitrogen and oxygen atoms in total. The molecule has 0 unspecified atom stereocenters. The summed E-state index contributed by atoms with van der Waals surface area (Å²) in [7, 11) is 0. The van der Waals surface area contributed by atoms with E-state index in [9.17, 15) is 0 Å². The quantitative estimate of drug-likeness (QED) is 0.645. The molecule has 1 rings (SSSR count). The lowest BCUT2D eigenvalue weighted by Gasteiger charge is -1.94. The highest BCUT2D eigenvalue weighted by Gasteiger charge is 1.95. The average Bonchev–Trinajstić information content (AvgIpc) is 1.88. The van der Waals surface area contributed by atoms with Crippen LogP contribution < -0.4 is 5.73 Å². The summed E-state index contributed by atoms with van der Waals surface area (Å²) >= 11 is 10.2. The predicted molar refractivity (Wildman–Crippen MR) is 44.0 cm³/mol. The first-order valence-corrected chi connectivity index (χ1v) is 3.32. The first kappa shape index (κ1) is 7.44. The largest absolute Gasteiger partial charge is 0.389 e. The molecule has 51 valence electrons. The van der Waals surface area contributed by atoms with E-state index in [-0.39, 0.29) is 0 Å². The first-order valence-electron chi connectivity index (χ1n) is 2.53. The summed E-state index contributed by atoms with van der Waals surface area (Å²) in [6.45, 7) is 0. The molecular weight excluding hydrogens is 168 g/mol. The minimum Gasteiger partial charge on any atom is -0.389 e. The second-order valence-electron chi connectivity index (χ2n) is 1.68. The van der Waals surface area contributed by atoms with E-state index in [1.807, 2.05) is 0 Å². The number of hydrogen-bond donors (Lipinski definition) is 1. The lowest BCUT2D eigenvalue weighted by molar-refractivity contribution is 1.30. The van der Waals surface area contributed by atoms with Gasteiger partial charge in [-0.15, -0.1) is 0 Å². The van der Waals surface area contributed by atoms with E-state index in [0.717, 1.165) is 0 Å². The molecule has 0 saturated heterocycles. The SMILES string of the molecule is NC(=S)c1cn[c]c(Cl)c1. The zero-order valence-electron chi connectivity index (χ0n) is 4.97. The van der Waals surface area contributed by atoms with Crippen molar-refractivity contribution in [3.63, 3.8) is 0 Å². The molecule has 2 N–H and O–H groups in total. The van der Waals surface area contributed by atoms with Gasteiger partial charge < -0.3 is 5.73 Å². The van der Waals surface area contributed by atoms with Gasteiger partial charge in [-0.2, -0.15) is 0 Å². The van der Waals surface area contributed by atoms with E-state index in [4.69, 9.17) is 17.3 Å². The average molecular weight is 172 g/mol. The van der Waals surface area contributed by atoms with Crippen LogP contribution in [0.15, 0.2) is 12.3 Å². The van der Waals surface area contributed by atoms with E-state index in [1.54, 1.807) is 6.07 Å². The van der Waals surface area contributed by atoms with Gasteiger partial charge in [-0.3, -0.25) is 4.98 Å². The Hall–Kier alpha value is -0.670.